The number of hydrogen-bond donors (Lipinski definition) is 1. The van der Waals surface area contributed by atoms with Crippen molar-refractivity contribution in [2.45, 2.75) is 77.4 Å². The Kier molecular flexibility index (Phi) is 9.37. The molecule has 3 rings (SSSR count). The Morgan fingerprint density at radius 1 is 1.00 bits per heavy atom. The van der Waals surface area contributed by atoms with Crippen molar-refractivity contribution in [2.75, 3.05) is 13.7 Å². The molecule has 1 atom stereocenters. The summed E-state index contributed by atoms with van der Waals surface area (Å²) in [4.78, 5) is 28.1. The molecule has 2 aromatic carbocycles. The van der Waals surface area contributed by atoms with E-state index in [2.05, 4.69) is 19.2 Å². The van der Waals surface area contributed by atoms with Crippen molar-refractivity contribution in [1.82, 2.24) is 10.2 Å². The maximum absolute atomic E-state index is 13.4. The first-order valence-electron chi connectivity index (χ1n) is 12.3. The van der Waals surface area contributed by atoms with Crippen LogP contribution in [0.25, 0.3) is 0 Å². The van der Waals surface area contributed by atoms with Crippen molar-refractivity contribution < 1.29 is 19.1 Å². The molecule has 2 amide bonds. The zero-order valence-corrected chi connectivity index (χ0v) is 20.9. The first-order valence-corrected chi connectivity index (χ1v) is 12.3. The summed E-state index contributed by atoms with van der Waals surface area (Å²) in [5.41, 5.74) is 1.98. The molecule has 184 valence electrons. The van der Waals surface area contributed by atoms with E-state index in [1.54, 1.807) is 18.9 Å². The lowest BCUT2D eigenvalue weighted by Gasteiger charge is -2.31. The summed E-state index contributed by atoms with van der Waals surface area (Å²) in [7, 11) is 1.62. The number of nitrogens with zero attached hydrogens (tertiary/aromatic N) is 1. The summed E-state index contributed by atoms with van der Waals surface area (Å²) >= 11 is 0. The number of amides is 2. The molecular formula is C28H38N2O4. The van der Waals surface area contributed by atoms with Crippen molar-refractivity contribution >= 4 is 11.8 Å². The Hall–Kier alpha value is -3.02. The lowest BCUT2D eigenvalue weighted by Crippen LogP contribution is -2.51. The minimum atomic E-state index is -0.611. The minimum Gasteiger partial charge on any atom is -0.497 e. The topological polar surface area (TPSA) is 67.9 Å². The van der Waals surface area contributed by atoms with Crippen LogP contribution < -0.4 is 14.8 Å². The Labute approximate surface area is 203 Å². The number of para-hydroxylation sites is 1. The molecule has 34 heavy (non-hydrogen) atoms. The highest BCUT2D eigenvalue weighted by molar-refractivity contribution is 5.88. The molecule has 1 fully saturated rings. The molecule has 1 aliphatic carbocycles. The fourth-order valence-electron chi connectivity index (χ4n) is 4.39. The second kappa shape index (κ2) is 12.4. The van der Waals surface area contributed by atoms with Gasteiger partial charge in [0.05, 0.1) is 7.11 Å². The van der Waals surface area contributed by atoms with Gasteiger partial charge in [0, 0.05) is 12.6 Å². The molecule has 0 aliphatic heterocycles. The van der Waals surface area contributed by atoms with Gasteiger partial charge in [0.1, 0.15) is 17.5 Å². The predicted molar refractivity (Wildman–Crippen MR) is 134 cm³/mol. The third-order valence-electron chi connectivity index (χ3n) is 6.52. The second-order valence-electron chi connectivity index (χ2n) is 9.37. The number of rotatable bonds is 10. The van der Waals surface area contributed by atoms with E-state index in [-0.39, 0.29) is 30.4 Å². The number of hydrogen-bond acceptors (Lipinski definition) is 4. The first-order chi connectivity index (χ1) is 16.4. The maximum Gasteiger partial charge on any atom is 0.261 e. The van der Waals surface area contributed by atoms with Crippen LogP contribution in [0, 0.1) is 0 Å². The third-order valence-corrected chi connectivity index (χ3v) is 6.52. The van der Waals surface area contributed by atoms with E-state index in [1.165, 1.54) is 6.42 Å². The number of benzene rings is 2. The fourth-order valence-corrected chi connectivity index (χ4v) is 4.39. The lowest BCUT2D eigenvalue weighted by molar-refractivity contribution is -0.142. The van der Waals surface area contributed by atoms with Crippen LogP contribution in [0.3, 0.4) is 0 Å². The molecule has 1 aliphatic rings. The van der Waals surface area contributed by atoms with E-state index in [0.29, 0.717) is 12.3 Å². The van der Waals surface area contributed by atoms with Gasteiger partial charge in [0.25, 0.3) is 5.91 Å². The van der Waals surface area contributed by atoms with Crippen LogP contribution in [0.1, 0.15) is 69.9 Å². The molecular weight excluding hydrogens is 428 g/mol. The van der Waals surface area contributed by atoms with E-state index in [1.807, 2.05) is 48.5 Å². The number of methoxy groups -OCH3 is 1. The van der Waals surface area contributed by atoms with Gasteiger partial charge in [0.2, 0.25) is 5.91 Å². The van der Waals surface area contributed by atoms with Crippen LogP contribution >= 0.6 is 0 Å². The van der Waals surface area contributed by atoms with Crippen LogP contribution in [0.5, 0.6) is 11.5 Å². The van der Waals surface area contributed by atoms with Gasteiger partial charge >= 0.3 is 0 Å². The summed E-state index contributed by atoms with van der Waals surface area (Å²) in [5.74, 6) is 1.40. The Morgan fingerprint density at radius 3 is 2.32 bits per heavy atom. The normalized spacial score (nSPS) is 15.0. The molecule has 0 spiro atoms. The van der Waals surface area contributed by atoms with Gasteiger partial charge in [-0.2, -0.15) is 0 Å². The summed E-state index contributed by atoms with van der Waals surface area (Å²) in [5, 5.41) is 3.16. The zero-order valence-electron chi connectivity index (χ0n) is 20.9. The second-order valence-corrected chi connectivity index (χ2v) is 9.37. The summed E-state index contributed by atoms with van der Waals surface area (Å²) < 4.78 is 11.2. The number of ether oxygens (including phenoxy) is 2. The van der Waals surface area contributed by atoms with Crippen molar-refractivity contribution in [3.05, 3.63) is 59.7 Å². The van der Waals surface area contributed by atoms with E-state index < -0.39 is 6.04 Å². The van der Waals surface area contributed by atoms with Gasteiger partial charge in [-0.3, -0.25) is 9.59 Å². The van der Waals surface area contributed by atoms with Gasteiger partial charge in [-0.05, 0) is 55.0 Å². The summed E-state index contributed by atoms with van der Waals surface area (Å²) in [6, 6.07) is 14.9. The van der Waals surface area contributed by atoms with Crippen molar-refractivity contribution in [2.24, 2.45) is 0 Å². The predicted octanol–water partition coefficient (Wildman–Crippen LogP) is 5.06. The monoisotopic (exact) mass is 466 g/mol. The van der Waals surface area contributed by atoms with E-state index in [9.17, 15) is 9.59 Å². The molecule has 0 heterocycles. The molecule has 1 saturated carbocycles. The summed E-state index contributed by atoms with van der Waals surface area (Å²) in [6.45, 7) is 6.18. The smallest absolute Gasteiger partial charge is 0.261 e. The van der Waals surface area contributed by atoms with E-state index in [4.69, 9.17) is 9.47 Å². The van der Waals surface area contributed by atoms with Crippen molar-refractivity contribution in [3.63, 3.8) is 0 Å². The van der Waals surface area contributed by atoms with Crippen molar-refractivity contribution in [1.29, 1.82) is 0 Å². The highest BCUT2D eigenvalue weighted by Gasteiger charge is 2.28. The van der Waals surface area contributed by atoms with Gasteiger partial charge in [-0.1, -0.05) is 63.4 Å². The highest BCUT2D eigenvalue weighted by Crippen LogP contribution is 2.26. The molecule has 0 radical (unpaired) electrons. The van der Waals surface area contributed by atoms with Crippen LogP contribution in [0.15, 0.2) is 48.5 Å². The Bertz CT molecular complexity index is 936. The van der Waals surface area contributed by atoms with Gasteiger partial charge in [-0.25, -0.2) is 0 Å². The van der Waals surface area contributed by atoms with Gasteiger partial charge in [0.15, 0.2) is 6.61 Å². The van der Waals surface area contributed by atoms with Gasteiger partial charge in [-0.15, -0.1) is 0 Å². The standard InChI is InChI=1S/C28H38N2O4/c1-20(2)25-12-8-9-13-26(25)34-19-27(31)30(18-22-14-16-24(33-4)17-15-22)21(3)28(32)29-23-10-6-5-7-11-23/h8-9,12-17,20-21,23H,5-7,10-11,18-19H2,1-4H3,(H,29,32)/t21-/m1/s1. The van der Waals surface area contributed by atoms with Crippen LogP contribution in [0.2, 0.25) is 0 Å². The Balaban J connectivity index is 1.74. The quantitative estimate of drug-likeness (QED) is 0.531. The lowest BCUT2D eigenvalue weighted by atomic mass is 9.95. The van der Waals surface area contributed by atoms with E-state index >= 15 is 0 Å². The van der Waals surface area contributed by atoms with Crippen molar-refractivity contribution in [3.8, 4) is 11.5 Å². The largest absolute Gasteiger partial charge is 0.497 e. The average molecular weight is 467 g/mol. The third kappa shape index (κ3) is 6.99. The molecule has 6 heteroatoms. The van der Waals surface area contributed by atoms with Gasteiger partial charge < -0.3 is 19.7 Å². The number of nitrogens with one attached hydrogen (secondary N) is 1. The molecule has 1 N–H and O–H groups in total. The van der Waals surface area contributed by atoms with Crippen LogP contribution in [0.4, 0.5) is 0 Å². The zero-order chi connectivity index (χ0) is 24.5. The molecule has 0 unspecified atom stereocenters. The maximum atomic E-state index is 13.4. The van der Waals surface area contributed by atoms with Crippen LogP contribution in [-0.4, -0.2) is 42.5 Å². The SMILES string of the molecule is COc1ccc(CN(C(=O)COc2ccccc2C(C)C)[C@H](C)C(=O)NC2CCCCC2)cc1. The number of carbonyl (C=O) groups excluding carboxylic acids is 2. The molecule has 0 aromatic heterocycles. The highest BCUT2D eigenvalue weighted by atomic mass is 16.5. The average Bonchev–Trinajstić information content (AvgIpc) is 2.86. The summed E-state index contributed by atoms with van der Waals surface area (Å²) in [6.07, 6.45) is 5.49. The molecule has 2 aromatic rings. The molecule has 0 saturated heterocycles. The first kappa shape index (κ1) is 25.6. The molecule has 0 bridgehead atoms. The number of carbonyl (C=O) groups is 2. The van der Waals surface area contributed by atoms with E-state index in [0.717, 1.165) is 42.6 Å². The van der Waals surface area contributed by atoms with Crippen LogP contribution in [-0.2, 0) is 16.1 Å². The fraction of sp³-hybridized carbons (Fsp3) is 0.500. The molecule has 6 nitrogen and oxygen atoms in total. The Morgan fingerprint density at radius 2 is 1.68 bits per heavy atom. The minimum absolute atomic E-state index is 0.114.